The van der Waals surface area contributed by atoms with Crippen LogP contribution in [-0.4, -0.2) is 19.0 Å². The van der Waals surface area contributed by atoms with Gasteiger partial charge in [-0.25, -0.2) is 0 Å². The third-order valence-electron chi connectivity index (χ3n) is 5.17. The molecule has 0 saturated heterocycles. The van der Waals surface area contributed by atoms with Crippen LogP contribution in [0.15, 0.2) is 36.4 Å². The fourth-order valence-corrected chi connectivity index (χ4v) is 3.58. The summed E-state index contributed by atoms with van der Waals surface area (Å²) in [5, 5.41) is 2.29. The van der Waals surface area contributed by atoms with Crippen LogP contribution in [0.3, 0.4) is 0 Å². The van der Waals surface area contributed by atoms with E-state index >= 15 is 0 Å². The molecular formula is C24H36O2S. The second kappa shape index (κ2) is 12.9. The fraction of sp³-hybridized carbons (Fsp3) is 0.583. The highest BCUT2D eigenvalue weighted by molar-refractivity contribution is 7.80. The molecule has 0 aliphatic rings. The Morgan fingerprint density at radius 1 is 0.815 bits per heavy atom. The van der Waals surface area contributed by atoms with Crippen LogP contribution in [0, 0.1) is 5.92 Å². The van der Waals surface area contributed by atoms with Gasteiger partial charge in [0.25, 0.3) is 0 Å². The van der Waals surface area contributed by atoms with Crippen molar-refractivity contribution in [1.29, 1.82) is 0 Å². The van der Waals surface area contributed by atoms with E-state index in [0.717, 1.165) is 47.7 Å². The first-order chi connectivity index (χ1) is 13.3. The Labute approximate surface area is 171 Å². The van der Waals surface area contributed by atoms with Crippen molar-refractivity contribution < 1.29 is 9.47 Å². The van der Waals surface area contributed by atoms with Gasteiger partial charge in [-0.15, -0.1) is 0 Å². The molecule has 0 N–H and O–H groups in total. The second-order valence-electron chi connectivity index (χ2n) is 7.32. The van der Waals surface area contributed by atoms with E-state index < -0.39 is 0 Å². The predicted octanol–water partition coefficient (Wildman–Crippen LogP) is 7.30. The first-order valence-electron chi connectivity index (χ1n) is 10.7. The molecule has 1 unspecified atom stereocenters. The maximum atomic E-state index is 6.23. The van der Waals surface area contributed by atoms with Crippen LogP contribution in [0.25, 0.3) is 10.8 Å². The smallest absolute Gasteiger partial charge is 0.127 e. The van der Waals surface area contributed by atoms with Crippen molar-refractivity contribution >= 4 is 23.4 Å². The first kappa shape index (κ1) is 21.9. The molecule has 1 atom stereocenters. The zero-order chi connectivity index (χ0) is 19.3. The standard InChI is InChI=1S/C24H36O2S/c1-3-5-12-20(4-2)19-26-24-16-11-13-21-22(24)14-10-15-23(21)25-17-8-6-7-9-18-27/h10-11,13-16,20,27H,3-9,12,17-19H2,1-2H3. The Morgan fingerprint density at radius 2 is 1.48 bits per heavy atom. The Bertz CT molecular complexity index is 656. The van der Waals surface area contributed by atoms with Gasteiger partial charge in [0.05, 0.1) is 13.2 Å². The van der Waals surface area contributed by atoms with Gasteiger partial charge in [-0.1, -0.05) is 70.2 Å². The molecule has 0 aliphatic heterocycles. The van der Waals surface area contributed by atoms with Gasteiger partial charge in [0, 0.05) is 10.8 Å². The lowest BCUT2D eigenvalue weighted by Gasteiger charge is -2.17. The van der Waals surface area contributed by atoms with Crippen molar-refractivity contribution in [2.24, 2.45) is 5.92 Å². The topological polar surface area (TPSA) is 18.5 Å². The minimum atomic E-state index is 0.636. The summed E-state index contributed by atoms with van der Waals surface area (Å²) in [6, 6.07) is 12.6. The van der Waals surface area contributed by atoms with Crippen molar-refractivity contribution in [2.75, 3.05) is 19.0 Å². The third kappa shape index (κ3) is 7.29. The summed E-state index contributed by atoms with van der Waals surface area (Å²) in [6.45, 7) is 6.08. The Kier molecular flexibility index (Phi) is 10.5. The number of benzene rings is 2. The zero-order valence-electron chi connectivity index (χ0n) is 17.1. The van der Waals surface area contributed by atoms with E-state index in [-0.39, 0.29) is 0 Å². The molecule has 27 heavy (non-hydrogen) atoms. The molecule has 2 nitrogen and oxygen atoms in total. The van der Waals surface area contributed by atoms with Crippen LogP contribution < -0.4 is 9.47 Å². The first-order valence-corrected chi connectivity index (χ1v) is 11.3. The highest BCUT2D eigenvalue weighted by atomic mass is 32.1. The number of fused-ring (bicyclic) bond motifs is 1. The third-order valence-corrected chi connectivity index (χ3v) is 5.49. The number of hydrogen-bond donors (Lipinski definition) is 1. The predicted molar refractivity (Wildman–Crippen MR) is 121 cm³/mol. The molecule has 0 spiro atoms. The number of hydrogen-bond acceptors (Lipinski definition) is 3. The lowest BCUT2D eigenvalue weighted by atomic mass is 10.0. The molecule has 150 valence electrons. The van der Waals surface area contributed by atoms with Gasteiger partial charge in [-0.2, -0.15) is 12.6 Å². The SMILES string of the molecule is CCCCC(CC)COc1cccc2c(OCCCCCCS)cccc12. The molecule has 2 aromatic carbocycles. The number of unbranched alkanes of at least 4 members (excludes halogenated alkanes) is 4. The van der Waals surface area contributed by atoms with Gasteiger partial charge in [0.15, 0.2) is 0 Å². The highest BCUT2D eigenvalue weighted by Gasteiger charge is 2.10. The quantitative estimate of drug-likeness (QED) is 0.270. The Hall–Kier alpha value is -1.35. The summed E-state index contributed by atoms with van der Waals surface area (Å²) in [6.07, 6.45) is 9.67. The number of ether oxygens (including phenoxy) is 2. The average Bonchev–Trinajstić information content (AvgIpc) is 2.71. The second-order valence-corrected chi connectivity index (χ2v) is 7.77. The molecule has 0 bridgehead atoms. The molecule has 2 aromatic rings. The zero-order valence-corrected chi connectivity index (χ0v) is 18.0. The van der Waals surface area contributed by atoms with Crippen LogP contribution in [0.4, 0.5) is 0 Å². The maximum Gasteiger partial charge on any atom is 0.127 e. The molecule has 0 heterocycles. The minimum Gasteiger partial charge on any atom is -0.493 e. The molecular weight excluding hydrogens is 352 g/mol. The number of thiol groups is 1. The normalized spacial score (nSPS) is 12.3. The van der Waals surface area contributed by atoms with E-state index in [9.17, 15) is 0 Å². The molecule has 2 rings (SSSR count). The molecule has 0 amide bonds. The van der Waals surface area contributed by atoms with Gasteiger partial charge >= 0.3 is 0 Å². The van der Waals surface area contributed by atoms with Crippen molar-refractivity contribution in [3.63, 3.8) is 0 Å². The van der Waals surface area contributed by atoms with Crippen LogP contribution in [-0.2, 0) is 0 Å². The monoisotopic (exact) mass is 388 g/mol. The van der Waals surface area contributed by atoms with Crippen molar-refractivity contribution in [2.45, 2.75) is 65.2 Å². The molecule has 0 radical (unpaired) electrons. The van der Waals surface area contributed by atoms with Crippen LogP contribution in [0.5, 0.6) is 11.5 Å². The van der Waals surface area contributed by atoms with E-state index in [1.807, 2.05) is 0 Å². The van der Waals surface area contributed by atoms with Crippen LogP contribution >= 0.6 is 12.6 Å². The molecule has 3 heteroatoms. The summed E-state index contributed by atoms with van der Waals surface area (Å²) in [7, 11) is 0. The van der Waals surface area contributed by atoms with Gasteiger partial charge < -0.3 is 9.47 Å². The van der Waals surface area contributed by atoms with Gasteiger partial charge in [-0.3, -0.25) is 0 Å². The lowest BCUT2D eigenvalue weighted by Crippen LogP contribution is -2.11. The molecule has 0 aromatic heterocycles. The molecule has 0 aliphatic carbocycles. The van der Waals surface area contributed by atoms with Crippen molar-refractivity contribution in [3.05, 3.63) is 36.4 Å². The molecule has 0 fully saturated rings. The maximum absolute atomic E-state index is 6.23. The van der Waals surface area contributed by atoms with Crippen molar-refractivity contribution in [1.82, 2.24) is 0 Å². The van der Waals surface area contributed by atoms with E-state index in [1.54, 1.807) is 0 Å². The minimum absolute atomic E-state index is 0.636. The van der Waals surface area contributed by atoms with Gasteiger partial charge in [-0.05, 0) is 43.1 Å². The summed E-state index contributed by atoms with van der Waals surface area (Å²) < 4.78 is 12.3. The van der Waals surface area contributed by atoms with Crippen LogP contribution in [0.2, 0.25) is 0 Å². The van der Waals surface area contributed by atoms with E-state index in [2.05, 4.69) is 62.9 Å². The number of rotatable bonds is 14. The lowest BCUT2D eigenvalue weighted by molar-refractivity contribution is 0.235. The highest BCUT2D eigenvalue weighted by Crippen LogP contribution is 2.32. The fourth-order valence-electron chi connectivity index (χ4n) is 3.36. The van der Waals surface area contributed by atoms with Crippen molar-refractivity contribution in [3.8, 4) is 11.5 Å². The Morgan fingerprint density at radius 3 is 2.11 bits per heavy atom. The summed E-state index contributed by atoms with van der Waals surface area (Å²) in [5.74, 6) is 3.55. The van der Waals surface area contributed by atoms with Gasteiger partial charge in [0.1, 0.15) is 11.5 Å². The molecule has 0 saturated carbocycles. The van der Waals surface area contributed by atoms with E-state index in [4.69, 9.17) is 9.47 Å². The summed E-state index contributed by atoms with van der Waals surface area (Å²) in [5.41, 5.74) is 0. The van der Waals surface area contributed by atoms with E-state index in [1.165, 1.54) is 44.9 Å². The summed E-state index contributed by atoms with van der Waals surface area (Å²) >= 11 is 4.26. The summed E-state index contributed by atoms with van der Waals surface area (Å²) in [4.78, 5) is 0. The van der Waals surface area contributed by atoms with Gasteiger partial charge in [0.2, 0.25) is 0 Å². The Balaban J connectivity index is 1.98. The average molecular weight is 389 g/mol. The van der Waals surface area contributed by atoms with E-state index in [0.29, 0.717) is 5.92 Å². The largest absolute Gasteiger partial charge is 0.493 e. The van der Waals surface area contributed by atoms with Crippen LogP contribution in [0.1, 0.15) is 65.2 Å².